The molecule has 0 N–H and O–H groups in total. The molecule has 2 heteroatoms. The van der Waals surface area contributed by atoms with E-state index in [1.165, 1.54) is 19.7 Å². The molecule has 2 aromatic carbocycles. The average Bonchev–Trinajstić information content (AvgIpc) is 2.27. The van der Waals surface area contributed by atoms with E-state index in [0.29, 0.717) is 29.9 Å². The third-order valence-electron chi connectivity index (χ3n) is 2.28. The molecule has 0 saturated carbocycles. The van der Waals surface area contributed by atoms with Gasteiger partial charge in [-0.15, -0.1) is 0 Å². The standard InChI is InChI=1S/C12H12Se2/c1-13-11-7-3-6-10-9(11)5-4-8-12(10)14-2/h3-8H,1-2H3. The Hall–Kier alpha value is -0.261. The van der Waals surface area contributed by atoms with Crippen LogP contribution >= 0.6 is 0 Å². The molecular formula is C12H12Se2. The van der Waals surface area contributed by atoms with E-state index in [2.05, 4.69) is 48.0 Å². The van der Waals surface area contributed by atoms with Crippen LogP contribution in [0.1, 0.15) is 0 Å². The van der Waals surface area contributed by atoms with E-state index in [1.807, 2.05) is 0 Å². The van der Waals surface area contributed by atoms with Crippen molar-refractivity contribution >= 4 is 49.6 Å². The molecule has 14 heavy (non-hydrogen) atoms. The Balaban J connectivity index is 2.77. The molecule has 0 spiro atoms. The van der Waals surface area contributed by atoms with Gasteiger partial charge < -0.3 is 0 Å². The Labute approximate surface area is 97.4 Å². The Morgan fingerprint density at radius 2 is 1.14 bits per heavy atom. The van der Waals surface area contributed by atoms with Gasteiger partial charge in [-0.3, -0.25) is 0 Å². The Morgan fingerprint density at radius 1 is 0.714 bits per heavy atom. The molecular weight excluding hydrogens is 302 g/mol. The van der Waals surface area contributed by atoms with E-state index in [9.17, 15) is 0 Å². The molecule has 2 aromatic rings. The molecule has 0 amide bonds. The molecule has 0 bridgehead atoms. The van der Waals surface area contributed by atoms with Crippen LogP contribution in [0.25, 0.3) is 10.8 Å². The zero-order valence-corrected chi connectivity index (χ0v) is 11.7. The van der Waals surface area contributed by atoms with Crippen LogP contribution in [-0.2, 0) is 0 Å². The maximum absolute atomic E-state index is 2.28. The number of hydrogen-bond donors (Lipinski definition) is 0. The van der Waals surface area contributed by atoms with Crippen molar-refractivity contribution in [2.24, 2.45) is 0 Å². The van der Waals surface area contributed by atoms with Crippen LogP contribution in [0.15, 0.2) is 36.4 Å². The minimum absolute atomic E-state index is 0.596. The molecule has 0 aliphatic rings. The molecule has 0 aliphatic carbocycles. The zero-order chi connectivity index (χ0) is 9.97. The summed E-state index contributed by atoms with van der Waals surface area (Å²) in [6.45, 7) is 0. The van der Waals surface area contributed by atoms with Gasteiger partial charge in [0.2, 0.25) is 0 Å². The summed E-state index contributed by atoms with van der Waals surface area (Å²) < 4.78 is 3.06. The van der Waals surface area contributed by atoms with Gasteiger partial charge in [0.25, 0.3) is 0 Å². The summed E-state index contributed by atoms with van der Waals surface area (Å²) in [6.07, 6.45) is 0. The van der Waals surface area contributed by atoms with Crippen LogP contribution in [0.2, 0.25) is 11.6 Å². The predicted octanol–water partition coefficient (Wildman–Crippen LogP) is 1.59. The minimum atomic E-state index is 0.596. The van der Waals surface area contributed by atoms with Crippen molar-refractivity contribution < 1.29 is 0 Å². The first kappa shape index (κ1) is 10.3. The van der Waals surface area contributed by atoms with Gasteiger partial charge in [-0.25, -0.2) is 0 Å². The van der Waals surface area contributed by atoms with Crippen LogP contribution in [0, 0.1) is 0 Å². The summed E-state index contributed by atoms with van der Waals surface area (Å²) in [5, 5.41) is 2.94. The van der Waals surface area contributed by atoms with Crippen molar-refractivity contribution in [2.75, 3.05) is 0 Å². The number of rotatable bonds is 2. The Bertz CT molecular complexity index is 406. The van der Waals surface area contributed by atoms with Gasteiger partial charge in [-0.05, 0) is 0 Å². The summed E-state index contributed by atoms with van der Waals surface area (Å²) in [5.41, 5.74) is 0. The first-order valence-electron chi connectivity index (χ1n) is 4.46. The predicted molar refractivity (Wildman–Crippen MR) is 66.5 cm³/mol. The summed E-state index contributed by atoms with van der Waals surface area (Å²) in [7, 11) is 0. The van der Waals surface area contributed by atoms with Crippen LogP contribution in [0.3, 0.4) is 0 Å². The van der Waals surface area contributed by atoms with Gasteiger partial charge in [0, 0.05) is 0 Å². The van der Waals surface area contributed by atoms with Gasteiger partial charge in [-0.2, -0.15) is 0 Å². The third kappa shape index (κ3) is 1.76. The van der Waals surface area contributed by atoms with E-state index in [0.717, 1.165) is 0 Å². The second-order valence-electron chi connectivity index (χ2n) is 3.02. The fourth-order valence-corrected chi connectivity index (χ4v) is 4.18. The van der Waals surface area contributed by atoms with E-state index >= 15 is 0 Å². The molecule has 0 aliphatic heterocycles. The molecule has 0 aromatic heterocycles. The molecule has 0 saturated heterocycles. The van der Waals surface area contributed by atoms with Crippen molar-refractivity contribution in [3.63, 3.8) is 0 Å². The molecule has 0 fully saturated rings. The molecule has 0 heterocycles. The van der Waals surface area contributed by atoms with Crippen molar-refractivity contribution in [3.8, 4) is 0 Å². The number of benzene rings is 2. The second kappa shape index (κ2) is 4.51. The van der Waals surface area contributed by atoms with E-state index in [-0.39, 0.29) is 0 Å². The quantitative estimate of drug-likeness (QED) is 0.739. The van der Waals surface area contributed by atoms with Crippen molar-refractivity contribution in [2.45, 2.75) is 11.6 Å². The summed E-state index contributed by atoms with van der Waals surface area (Å²) in [4.78, 5) is 0. The van der Waals surface area contributed by atoms with E-state index in [4.69, 9.17) is 0 Å². The molecule has 2 rings (SSSR count). The summed E-state index contributed by atoms with van der Waals surface area (Å²) in [6, 6.07) is 13.4. The normalized spacial score (nSPS) is 10.7. The van der Waals surface area contributed by atoms with Gasteiger partial charge in [0.1, 0.15) is 0 Å². The topological polar surface area (TPSA) is 0 Å². The third-order valence-corrected chi connectivity index (χ3v) is 5.62. The van der Waals surface area contributed by atoms with Crippen LogP contribution in [0.5, 0.6) is 0 Å². The van der Waals surface area contributed by atoms with Crippen molar-refractivity contribution in [3.05, 3.63) is 36.4 Å². The summed E-state index contributed by atoms with van der Waals surface area (Å²) in [5.74, 6) is 4.57. The van der Waals surface area contributed by atoms with Crippen LogP contribution < -0.4 is 8.92 Å². The van der Waals surface area contributed by atoms with Gasteiger partial charge in [0.05, 0.1) is 0 Å². The molecule has 0 unspecified atom stereocenters. The number of fused-ring (bicyclic) bond motifs is 1. The second-order valence-corrected chi connectivity index (χ2v) is 6.57. The summed E-state index contributed by atoms with van der Waals surface area (Å²) >= 11 is 1.19. The van der Waals surface area contributed by atoms with Crippen LogP contribution in [-0.4, -0.2) is 29.9 Å². The Kier molecular flexibility index (Phi) is 3.30. The van der Waals surface area contributed by atoms with Crippen molar-refractivity contribution in [1.82, 2.24) is 0 Å². The fraction of sp³-hybridized carbons (Fsp3) is 0.167. The van der Waals surface area contributed by atoms with E-state index in [1.54, 1.807) is 0 Å². The molecule has 0 atom stereocenters. The van der Waals surface area contributed by atoms with Gasteiger partial charge in [-0.1, -0.05) is 0 Å². The van der Waals surface area contributed by atoms with Gasteiger partial charge in [0.15, 0.2) is 0 Å². The van der Waals surface area contributed by atoms with Crippen molar-refractivity contribution in [1.29, 1.82) is 0 Å². The Morgan fingerprint density at radius 3 is 1.50 bits per heavy atom. The van der Waals surface area contributed by atoms with Gasteiger partial charge >= 0.3 is 97.7 Å². The monoisotopic (exact) mass is 316 g/mol. The average molecular weight is 314 g/mol. The first-order chi connectivity index (χ1) is 6.86. The maximum atomic E-state index is 2.28. The fourth-order valence-electron chi connectivity index (χ4n) is 1.61. The van der Waals surface area contributed by atoms with E-state index < -0.39 is 0 Å². The zero-order valence-electron chi connectivity index (χ0n) is 8.28. The SMILES string of the molecule is C[Se]c1cccc2c([Se]C)cccc12. The first-order valence-corrected chi connectivity index (χ1v) is 9.60. The number of hydrogen-bond acceptors (Lipinski definition) is 0. The van der Waals surface area contributed by atoms with Crippen LogP contribution in [0.4, 0.5) is 0 Å². The molecule has 0 radical (unpaired) electrons. The molecule has 0 nitrogen and oxygen atoms in total. The molecule has 72 valence electrons.